The summed E-state index contributed by atoms with van der Waals surface area (Å²) in [6.45, 7) is 8.48. The number of hydrogen-bond acceptors (Lipinski definition) is 9. The molecule has 1 aliphatic heterocycles. The van der Waals surface area contributed by atoms with Gasteiger partial charge in [-0.15, -0.1) is 0 Å². The number of carbonyl (C=O) groups excluding carboxylic acids is 1. The molecule has 4 heterocycles. The topological polar surface area (TPSA) is 143 Å². The van der Waals surface area contributed by atoms with Crippen molar-refractivity contribution in [2.45, 2.75) is 58.8 Å². The Morgan fingerprint density at radius 3 is 2.59 bits per heavy atom. The summed E-state index contributed by atoms with van der Waals surface area (Å²) in [7, 11) is 0. The van der Waals surface area contributed by atoms with Gasteiger partial charge < -0.3 is 20.2 Å². The fraction of sp³-hybridized carbons (Fsp3) is 0.407. The minimum atomic E-state index is -0.544. The van der Waals surface area contributed by atoms with E-state index in [1.807, 2.05) is 27.7 Å². The van der Waals surface area contributed by atoms with Crippen LogP contribution in [0.4, 0.5) is 9.18 Å². The number of rotatable bonds is 6. The lowest BCUT2D eigenvalue weighted by atomic mass is 10.0. The molecule has 0 aliphatic carbocycles. The SMILES string of the molecule is CC(=NC1CCN(C(=O)OC(C)(C)C)CC1)/C(=N\N)c1cc(OCc2ccc(F)cn2)n2c(C#N)cnc2c1. The van der Waals surface area contributed by atoms with Crippen LogP contribution in [0.3, 0.4) is 0 Å². The zero-order valence-electron chi connectivity index (χ0n) is 22.4. The van der Waals surface area contributed by atoms with Gasteiger partial charge in [-0.3, -0.25) is 14.4 Å². The van der Waals surface area contributed by atoms with E-state index in [2.05, 4.69) is 21.1 Å². The van der Waals surface area contributed by atoms with E-state index < -0.39 is 11.4 Å². The van der Waals surface area contributed by atoms with E-state index in [9.17, 15) is 14.4 Å². The number of nitrogens with zero attached hydrogens (tertiary/aromatic N) is 7. The van der Waals surface area contributed by atoms with E-state index in [0.717, 1.165) is 6.20 Å². The summed E-state index contributed by atoms with van der Waals surface area (Å²) in [5, 5.41) is 13.6. The van der Waals surface area contributed by atoms with Gasteiger partial charge in [0, 0.05) is 24.7 Å². The Labute approximate surface area is 225 Å². The Morgan fingerprint density at radius 1 is 1.23 bits per heavy atom. The number of aromatic nitrogens is 3. The van der Waals surface area contributed by atoms with Gasteiger partial charge in [0.05, 0.1) is 29.8 Å². The number of halogens is 1. The standard InChI is InChI=1S/C27H31FN8O3/c1-17(33-20-7-9-35(10-8-20)26(37)39-27(2,3)4)25(34-30)18-11-23-32-15-22(13-29)36(23)24(12-18)38-16-21-6-5-19(28)14-31-21/h5-6,11-12,14-15,20H,7-10,16,30H2,1-4H3/b33-17?,34-25+. The van der Waals surface area contributed by atoms with Crippen molar-refractivity contribution < 1.29 is 18.7 Å². The number of hydrazone groups is 1. The van der Waals surface area contributed by atoms with Gasteiger partial charge in [-0.1, -0.05) is 0 Å². The zero-order chi connectivity index (χ0) is 28.2. The Bertz CT molecular complexity index is 1440. The third-order valence-corrected chi connectivity index (χ3v) is 6.08. The van der Waals surface area contributed by atoms with E-state index >= 15 is 0 Å². The zero-order valence-corrected chi connectivity index (χ0v) is 22.4. The molecular formula is C27H31FN8O3. The lowest BCUT2D eigenvalue weighted by Crippen LogP contribution is -2.42. The Morgan fingerprint density at radius 2 is 1.97 bits per heavy atom. The highest BCUT2D eigenvalue weighted by Crippen LogP contribution is 2.23. The minimum Gasteiger partial charge on any atom is -0.472 e. The number of fused-ring (bicyclic) bond motifs is 1. The molecular weight excluding hydrogens is 503 g/mol. The first kappa shape index (κ1) is 27.5. The van der Waals surface area contributed by atoms with Crippen molar-refractivity contribution >= 4 is 23.2 Å². The van der Waals surface area contributed by atoms with E-state index in [4.69, 9.17) is 20.3 Å². The van der Waals surface area contributed by atoms with E-state index in [-0.39, 0.29) is 24.4 Å². The average molecular weight is 535 g/mol. The molecule has 0 saturated carbocycles. The van der Waals surface area contributed by atoms with Crippen LogP contribution in [-0.2, 0) is 11.3 Å². The highest BCUT2D eigenvalue weighted by Gasteiger charge is 2.27. The first-order valence-corrected chi connectivity index (χ1v) is 12.5. The third-order valence-electron chi connectivity index (χ3n) is 6.08. The number of amides is 1. The second-order valence-electron chi connectivity index (χ2n) is 10.2. The van der Waals surface area contributed by atoms with E-state index in [1.54, 1.807) is 21.4 Å². The predicted molar refractivity (Wildman–Crippen MR) is 143 cm³/mol. The average Bonchev–Trinajstić information content (AvgIpc) is 3.31. The summed E-state index contributed by atoms with van der Waals surface area (Å²) < 4.78 is 26.3. The van der Waals surface area contributed by atoms with Crippen molar-refractivity contribution in [3.63, 3.8) is 0 Å². The van der Waals surface area contributed by atoms with Crippen molar-refractivity contribution in [2.75, 3.05) is 13.1 Å². The fourth-order valence-corrected chi connectivity index (χ4v) is 4.26. The first-order valence-electron chi connectivity index (χ1n) is 12.5. The molecule has 0 aromatic carbocycles. The molecule has 4 rings (SSSR count). The fourth-order valence-electron chi connectivity index (χ4n) is 4.26. The van der Waals surface area contributed by atoms with Gasteiger partial charge >= 0.3 is 6.09 Å². The van der Waals surface area contributed by atoms with Crippen molar-refractivity contribution in [2.24, 2.45) is 15.9 Å². The van der Waals surface area contributed by atoms with E-state index in [1.165, 1.54) is 18.3 Å². The molecule has 0 unspecified atom stereocenters. The van der Waals surface area contributed by atoms with Gasteiger partial charge in [0.25, 0.3) is 0 Å². The number of nitriles is 1. The summed E-state index contributed by atoms with van der Waals surface area (Å²) >= 11 is 0. The van der Waals surface area contributed by atoms with Crippen LogP contribution in [0.25, 0.3) is 5.65 Å². The number of pyridine rings is 2. The quantitative estimate of drug-likeness (QED) is 0.287. The van der Waals surface area contributed by atoms with Crippen LogP contribution in [0.15, 0.2) is 46.8 Å². The maximum absolute atomic E-state index is 13.2. The van der Waals surface area contributed by atoms with E-state index in [0.29, 0.717) is 60.1 Å². The molecule has 1 amide bonds. The normalized spacial score (nSPS) is 15.3. The molecule has 1 saturated heterocycles. The van der Waals surface area contributed by atoms with Gasteiger partial charge in [-0.25, -0.2) is 14.2 Å². The summed E-state index contributed by atoms with van der Waals surface area (Å²) in [4.78, 5) is 27.3. The van der Waals surface area contributed by atoms with Crippen LogP contribution in [0.1, 0.15) is 57.5 Å². The molecule has 204 valence electrons. The molecule has 0 radical (unpaired) electrons. The molecule has 3 aromatic rings. The van der Waals surface area contributed by atoms with Gasteiger partial charge in [0.1, 0.15) is 41.1 Å². The molecule has 0 spiro atoms. The summed E-state index contributed by atoms with van der Waals surface area (Å²) in [6.07, 6.45) is 3.59. The smallest absolute Gasteiger partial charge is 0.410 e. The van der Waals surface area contributed by atoms with Crippen molar-refractivity contribution in [3.8, 4) is 11.9 Å². The molecule has 0 bridgehead atoms. The summed E-state index contributed by atoms with van der Waals surface area (Å²) in [6, 6.07) is 8.36. The lowest BCUT2D eigenvalue weighted by molar-refractivity contribution is 0.0207. The number of ether oxygens (including phenoxy) is 2. The maximum atomic E-state index is 13.2. The summed E-state index contributed by atoms with van der Waals surface area (Å²) in [5.74, 6) is 5.68. The molecule has 3 aromatic heterocycles. The van der Waals surface area contributed by atoms with Crippen LogP contribution in [0, 0.1) is 17.1 Å². The van der Waals surface area contributed by atoms with Gasteiger partial charge in [0.2, 0.25) is 5.88 Å². The number of piperidine rings is 1. The Balaban J connectivity index is 1.54. The summed E-state index contributed by atoms with van der Waals surface area (Å²) in [5.41, 5.74) is 2.38. The van der Waals surface area contributed by atoms with Crippen LogP contribution in [-0.4, -0.2) is 61.5 Å². The van der Waals surface area contributed by atoms with Crippen molar-refractivity contribution in [1.82, 2.24) is 19.3 Å². The van der Waals surface area contributed by atoms with Crippen LogP contribution in [0.2, 0.25) is 0 Å². The molecule has 39 heavy (non-hydrogen) atoms. The lowest BCUT2D eigenvalue weighted by Gasteiger charge is -2.32. The van der Waals surface area contributed by atoms with Crippen molar-refractivity contribution in [1.29, 1.82) is 5.26 Å². The van der Waals surface area contributed by atoms with Gasteiger partial charge in [-0.05, 0) is 58.7 Å². The van der Waals surface area contributed by atoms with Crippen LogP contribution in [0.5, 0.6) is 5.88 Å². The molecule has 2 N–H and O–H groups in total. The predicted octanol–water partition coefficient (Wildman–Crippen LogP) is 3.84. The second kappa shape index (κ2) is 11.5. The molecule has 1 fully saturated rings. The largest absolute Gasteiger partial charge is 0.472 e. The van der Waals surface area contributed by atoms with Crippen molar-refractivity contribution in [3.05, 3.63) is 59.4 Å². The van der Waals surface area contributed by atoms with Crippen LogP contribution < -0.4 is 10.6 Å². The van der Waals surface area contributed by atoms with Gasteiger partial charge in [0.15, 0.2) is 0 Å². The third kappa shape index (κ3) is 6.67. The molecule has 0 atom stereocenters. The minimum absolute atomic E-state index is 0.0129. The Hall–Kier alpha value is -4.53. The Kier molecular flexibility index (Phi) is 8.09. The maximum Gasteiger partial charge on any atom is 0.410 e. The van der Waals surface area contributed by atoms with Crippen LogP contribution >= 0.6 is 0 Å². The first-order chi connectivity index (χ1) is 18.6. The number of nitrogens with two attached hydrogens (primary N) is 1. The highest BCUT2D eigenvalue weighted by molar-refractivity contribution is 6.47. The van der Waals surface area contributed by atoms with Gasteiger partial charge in [-0.2, -0.15) is 10.4 Å². The molecule has 1 aliphatic rings. The number of aliphatic imine (C=N–C) groups is 1. The number of imidazole rings is 1. The second-order valence-corrected chi connectivity index (χ2v) is 10.2. The monoisotopic (exact) mass is 534 g/mol. The highest BCUT2D eigenvalue weighted by atomic mass is 19.1. The number of likely N-dealkylation sites (tertiary alicyclic amines) is 1. The molecule has 12 heteroatoms. The number of hydrogen-bond donors (Lipinski definition) is 1. The number of carbonyl (C=O) groups is 1. The molecule has 11 nitrogen and oxygen atoms in total.